The first-order valence-electron chi connectivity index (χ1n) is 9.21. The molecule has 4 rings (SSSR count). The van der Waals surface area contributed by atoms with Crippen molar-refractivity contribution in [3.05, 3.63) is 67.3 Å². The molecule has 0 N–H and O–H groups in total. The van der Waals surface area contributed by atoms with Crippen LogP contribution in [0.4, 0.5) is 0 Å². The van der Waals surface area contributed by atoms with Gasteiger partial charge in [-0.2, -0.15) is 0 Å². The van der Waals surface area contributed by atoms with Gasteiger partial charge in [0, 0.05) is 24.6 Å². The van der Waals surface area contributed by atoms with Gasteiger partial charge in [0.15, 0.2) is 5.16 Å². The number of aromatic nitrogens is 4. The predicted octanol–water partition coefficient (Wildman–Crippen LogP) is 4.46. The number of hydrogen-bond donors (Lipinski definition) is 0. The second-order valence-electron chi connectivity index (χ2n) is 7.12. The number of hydrogen-bond acceptors (Lipinski definition) is 6. The number of thiophene rings is 1. The zero-order chi connectivity index (χ0) is 20.5. The minimum atomic E-state index is -0.188. The lowest BCUT2D eigenvalue weighted by Gasteiger charge is -2.13. The molecule has 0 aliphatic rings. The number of pyridine rings is 1. The molecule has 0 atom stereocenters. The standard InChI is InChI=1S/C20H19ClN4O2S2/c1-12(2)5-7-24-19(27)18-15(6-8-28-18)23-20(24)29-11-14-9-17(26)25-10-13(21)3-4-16(25)22-14/h3-4,6,8-10,12H,5,7,11H2,1-2H3. The molecule has 0 saturated carbocycles. The van der Waals surface area contributed by atoms with Crippen LogP contribution in [-0.2, 0) is 12.3 Å². The molecule has 0 fully saturated rings. The maximum atomic E-state index is 12.9. The van der Waals surface area contributed by atoms with Crippen LogP contribution in [0.2, 0.25) is 5.02 Å². The molecule has 0 unspecified atom stereocenters. The van der Waals surface area contributed by atoms with Crippen LogP contribution in [0.1, 0.15) is 26.0 Å². The van der Waals surface area contributed by atoms with Gasteiger partial charge in [-0.1, -0.05) is 37.2 Å². The third-order valence-corrected chi connectivity index (χ3v) is 6.61. The second kappa shape index (κ2) is 8.30. The highest BCUT2D eigenvalue weighted by atomic mass is 35.5. The summed E-state index contributed by atoms with van der Waals surface area (Å²) in [6.07, 6.45) is 2.45. The molecule has 0 saturated heterocycles. The van der Waals surface area contributed by atoms with Crippen molar-refractivity contribution in [3.63, 3.8) is 0 Å². The highest BCUT2D eigenvalue weighted by Gasteiger charge is 2.14. The highest BCUT2D eigenvalue weighted by Crippen LogP contribution is 2.24. The summed E-state index contributed by atoms with van der Waals surface area (Å²) in [5.74, 6) is 0.922. The molecule has 0 aliphatic carbocycles. The van der Waals surface area contributed by atoms with Crippen molar-refractivity contribution in [1.82, 2.24) is 18.9 Å². The first-order chi connectivity index (χ1) is 13.9. The Balaban J connectivity index is 1.68. The number of fused-ring (bicyclic) bond motifs is 2. The molecule has 0 spiro atoms. The Morgan fingerprint density at radius 2 is 2.03 bits per heavy atom. The Morgan fingerprint density at radius 3 is 2.83 bits per heavy atom. The number of nitrogens with zero attached hydrogens (tertiary/aromatic N) is 4. The van der Waals surface area contributed by atoms with Gasteiger partial charge in [-0.25, -0.2) is 9.97 Å². The molecule has 9 heteroatoms. The molecule has 4 aromatic rings. The summed E-state index contributed by atoms with van der Waals surface area (Å²) in [7, 11) is 0. The minimum Gasteiger partial charge on any atom is -0.286 e. The third kappa shape index (κ3) is 4.24. The molecule has 150 valence electrons. The van der Waals surface area contributed by atoms with E-state index in [0.717, 1.165) is 6.42 Å². The fourth-order valence-corrected chi connectivity index (χ4v) is 4.81. The average molecular weight is 447 g/mol. The minimum absolute atomic E-state index is 0.00525. The smallest absolute Gasteiger partial charge is 0.272 e. The van der Waals surface area contributed by atoms with Crippen molar-refractivity contribution in [2.24, 2.45) is 5.92 Å². The zero-order valence-electron chi connectivity index (χ0n) is 16.0. The Kier molecular flexibility index (Phi) is 5.76. The molecule has 4 heterocycles. The summed E-state index contributed by atoms with van der Waals surface area (Å²) in [6, 6.07) is 6.78. The molecular weight excluding hydrogens is 428 g/mol. The van der Waals surface area contributed by atoms with Crippen LogP contribution >= 0.6 is 34.7 Å². The van der Waals surface area contributed by atoms with Gasteiger partial charge in [-0.05, 0) is 35.9 Å². The summed E-state index contributed by atoms with van der Waals surface area (Å²) in [4.78, 5) is 34.6. The van der Waals surface area contributed by atoms with Crippen molar-refractivity contribution in [3.8, 4) is 0 Å². The molecular formula is C20H19ClN4O2S2. The van der Waals surface area contributed by atoms with Gasteiger partial charge < -0.3 is 0 Å². The molecule has 29 heavy (non-hydrogen) atoms. The van der Waals surface area contributed by atoms with E-state index in [1.54, 1.807) is 22.9 Å². The Labute approximate surface area is 180 Å². The fourth-order valence-electron chi connectivity index (χ4n) is 2.96. The first kappa shape index (κ1) is 20.1. The number of halogens is 1. The SMILES string of the molecule is CC(C)CCn1c(SCc2cc(=O)n3cc(Cl)ccc3n2)nc2ccsc2c1=O. The van der Waals surface area contributed by atoms with Crippen molar-refractivity contribution in [1.29, 1.82) is 0 Å². The van der Waals surface area contributed by atoms with E-state index in [9.17, 15) is 9.59 Å². The van der Waals surface area contributed by atoms with Crippen LogP contribution in [0.15, 0.2) is 50.6 Å². The zero-order valence-corrected chi connectivity index (χ0v) is 18.4. The Bertz CT molecular complexity index is 1310. The van der Waals surface area contributed by atoms with Gasteiger partial charge in [0.05, 0.1) is 16.2 Å². The molecule has 4 aromatic heterocycles. The van der Waals surface area contributed by atoms with Crippen LogP contribution < -0.4 is 11.1 Å². The first-order valence-corrected chi connectivity index (χ1v) is 11.5. The Morgan fingerprint density at radius 1 is 1.21 bits per heavy atom. The van der Waals surface area contributed by atoms with Gasteiger partial charge in [0.1, 0.15) is 10.3 Å². The van der Waals surface area contributed by atoms with Gasteiger partial charge in [0.25, 0.3) is 11.1 Å². The van der Waals surface area contributed by atoms with Gasteiger partial charge in [-0.15, -0.1) is 11.3 Å². The van der Waals surface area contributed by atoms with E-state index in [0.29, 0.717) is 50.0 Å². The van der Waals surface area contributed by atoms with Crippen molar-refractivity contribution >= 4 is 50.6 Å². The van der Waals surface area contributed by atoms with E-state index in [2.05, 4.69) is 18.8 Å². The van der Waals surface area contributed by atoms with E-state index in [1.807, 2.05) is 11.4 Å². The normalized spacial score (nSPS) is 11.7. The molecule has 0 aliphatic heterocycles. The molecule has 0 aromatic carbocycles. The van der Waals surface area contributed by atoms with Crippen molar-refractivity contribution < 1.29 is 0 Å². The molecule has 6 nitrogen and oxygen atoms in total. The molecule has 0 amide bonds. The summed E-state index contributed by atoms with van der Waals surface area (Å²) in [5.41, 5.74) is 1.69. The summed E-state index contributed by atoms with van der Waals surface area (Å²) in [5, 5.41) is 3.02. The summed E-state index contributed by atoms with van der Waals surface area (Å²) >= 11 is 8.80. The van der Waals surface area contributed by atoms with Gasteiger partial charge in [-0.3, -0.25) is 18.6 Å². The monoisotopic (exact) mass is 446 g/mol. The predicted molar refractivity (Wildman–Crippen MR) is 119 cm³/mol. The summed E-state index contributed by atoms with van der Waals surface area (Å²) in [6.45, 7) is 4.88. The van der Waals surface area contributed by atoms with Crippen LogP contribution in [0.5, 0.6) is 0 Å². The van der Waals surface area contributed by atoms with Crippen LogP contribution in [-0.4, -0.2) is 18.9 Å². The lowest BCUT2D eigenvalue weighted by molar-refractivity contribution is 0.481. The van der Waals surface area contributed by atoms with E-state index < -0.39 is 0 Å². The van der Waals surface area contributed by atoms with Crippen molar-refractivity contribution in [2.75, 3.05) is 0 Å². The maximum Gasteiger partial charge on any atom is 0.272 e. The largest absolute Gasteiger partial charge is 0.286 e. The molecule has 0 bridgehead atoms. The van der Waals surface area contributed by atoms with Crippen LogP contribution in [0.3, 0.4) is 0 Å². The van der Waals surface area contributed by atoms with Crippen molar-refractivity contribution in [2.45, 2.75) is 37.7 Å². The average Bonchev–Trinajstić information content (AvgIpc) is 3.15. The van der Waals surface area contributed by atoms with Gasteiger partial charge in [0.2, 0.25) is 0 Å². The highest BCUT2D eigenvalue weighted by molar-refractivity contribution is 7.98. The number of thioether (sulfide) groups is 1. The summed E-state index contributed by atoms with van der Waals surface area (Å²) < 4.78 is 3.85. The van der Waals surface area contributed by atoms with Gasteiger partial charge >= 0.3 is 0 Å². The van der Waals surface area contributed by atoms with E-state index in [-0.39, 0.29) is 11.1 Å². The fraction of sp³-hybridized carbons (Fsp3) is 0.300. The van der Waals surface area contributed by atoms with Crippen LogP contribution in [0, 0.1) is 5.92 Å². The molecule has 0 radical (unpaired) electrons. The second-order valence-corrected chi connectivity index (χ2v) is 9.41. The lowest BCUT2D eigenvalue weighted by atomic mass is 10.1. The maximum absolute atomic E-state index is 12.9. The topological polar surface area (TPSA) is 69.3 Å². The third-order valence-electron chi connectivity index (χ3n) is 4.49. The van der Waals surface area contributed by atoms with E-state index >= 15 is 0 Å². The Hall–Kier alpha value is -2.16. The van der Waals surface area contributed by atoms with E-state index in [4.69, 9.17) is 16.6 Å². The van der Waals surface area contributed by atoms with Crippen LogP contribution in [0.25, 0.3) is 15.9 Å². The quantitative estimate of drug-likeness (QED) is 0.323. The number of rotatable bonds is 6. The van der Waals surface area contributed by atoms with E-state index in [1.165, 1.54) is 33.6 Å². The lowest BCUT2D eigenvalue weighted by Crippen LogP contribution is -2.23.